The molecule has 0 spiro atoms. The van der Waals surface area contributed by atoms with Crippen LogP contribution in [0.1, 0.15) is 32.6 Å². The quantitative estimate of drug-likeness (QED) is 0.762. The van der Waals surface area contributed by atoms with E-state index in [1.807, 2.05) is 0 Å². The number of benzene rings is 1. The predicted molar refractivity (Wildman–Crippen MR) is 114 cm³/mol. The van der Waals surface area contributed by atoms with Crippen molar-refractivity contribution in [1.82, 2.24) is 10.3 Å². The molecule has 0 aliphatic carbocycles. The number of hydrogen-bond acceptors (Lipinski definition) is 5. The molecule has 2 heterocycles. The van der Waals surface area contributed by atoms with Gasteiger partial charge in [0.25, 0.3) is 11.8 Å². The van der Waals surface area contributed by atoms with Gasteiger partial charge in [0.2, 0.25) is 0 Å². The molecule has 0 saturated carbocycles. The number of amides is 2. The number of nitrogens with one attached hydrogen (secondary N) is 1. The second kappa shape index (κ2) is 9.62. The van der Waals surface area contributed by atoms with Crippen molar-refractivity contribution >= 4 is 23.2 Å². The minimum atomic E-state index is -4.37. The van der Waals surface area contributed by atoms with Crippen LogP contribution in [-0.2, 0) is 9.59 Å². The van der Waals surface area contributed by atoms with Crippen molar-refractivity contribution in [3.63, 3.8) is 0 Å². The Bertz CT molecular complexity index is 916. The molecule has 1 N–H and O–H groups in total. The van der Waals surface area contributed by atoms with E-state index in [-0.39, 0.29) is 38.0 Å². The average molecular weight is 452 g/mol. The van der Waals surface area contributed by atoms with Crippen molar-refractivity contribution in [3.05, 3.63) is 36.5 Å². The number of carbonyl (C=O) groups is 2. The van der Waals surface area contributed by atoms with Crippen LogP contribution in [0.4, 0.5) is 18.9 Å². The SMILES string of the molecule is C=C1CC[C@@H](C(F)(F)F)CC/C(C(=O)N[C@H]2COc3ccccc3N(C)C2=O)=N\N1CC. The highest BCUT2D eigenvalue weighted by Gasteiger charge is 2.40. The van der Waals surface area contributed by atoms with Gasteiger partial charge in [-0.05, 0) is 44.7 Å². The Morgan fingerprint density at radius 3 is 2.66 bits per heavy atom. The van der Waals surface area contributed by atoms with Crippen LogP contribution in [0, 0.1) is 5.92 Å². The van der Waals surface area contributed by atoms with Crippen molar-refractivity contribution in [1.29, 1.82) is 0 Å². The van der Waals surface area contributed by atoms with Gasteiger partial charge in [-0.1, -0.05) is 18.7 Å². The number of fused-ring (bicyclic) bond motifs is 1. The normalized spacial score (nSPS) is 24.2. The number of rotatable bonds is 3. The second-order valence-corrected chi connectivity index (χ2v) is 7.85. The lowest BCUT2D eigenvalue weighted by Gasteiger charge is -2.22. The Hall–Kier alpha value is -3.04. The smallest absolute Gasteiger partial charge is 0.391 e. The van der Waals surface area contributed by atoms with Crippen molar-refractivity contribution in [2.24, 2.45) is 11.0 Å². The van der Waals surface area contributed by atoms with Crippen LogP contribution in [0.25, 0.3) is 0 Å². The number of likely N-dealkylation sites (N-methyl/N-ethyl adjacent to an activating group) is 1. The highest BCUT2D eigenvalue weighted by atomic mass is 19.4. The number of halogens is 3. The van der Waals surface area contributed by atoms with Gasteiger partial charge in [-0.15, -0.1) is 0 Å². The first-order valence-corrected chi connectivity index (χ1v) is 10.5. The van der Waals surface area contributed by atoms with Gasteiger partial charge in [0.05, 0.1) is 11.6 Å². The molecule has 1 aromatic rings. The van der Waals surface area contributed by atoms with Crippen LogP contribution in [0.15, 0.2) is 41.6 Å². The minimum absolute atomic E-state index is 0.0682. The summed E-state index contributed by atoms with van der Waals surface area (Å²) >= 11 is 0. The lowest BCUT2D eigenvalue weighted by molar-refractivity contribution is -0.177. The van der Waals surface area contributed by atoms with Gasteiger partial charge < -0.3 is 15.0 Å². The summed E-state index contributed by atoms with van der Waals surface area (Å²) in [5.41, 5.74) is 0.912. The van der Waals surface area contributed by atoms with Crippen LogP contribution in [-0.4, -0.2) is 55.0 Å². The first kappa shape index (κ1) is 23.6. The van der Waals surface area contributed by atoms with Crippen LogP contribution in [0.2, 0.25) is 0 Å². The Morgan fingerprint density at radius 2 is 1.97 bits per heavy atom. The molecule has 2 atom stereocenters. The summed E-state index contributed by atoms with van der Waals surface area (Å²) < 4.78 is 45.9. The van der Waals surface area contributed by atoms with Gasteiger partial charge in [0, 0.05) is 19.3 Å². The third kappa shape index (κ3) is 5.23. The van der Waals surface area contributed by atoms with E-state index in [0.717, 1.165) is 0 Å². The van der Waals surface area contributed by atoms with E-state index in [9.17, 15) is 22.8 Å². The molecule has 2 aliphatic heterocycles. The summed E-state index contributed by atoms with van der Waals surface area (Å²) in [7, 11) is 1.57. The number of hydrogen-bond donors (Lipinski definition) is 1. The number of anilines is 1. The van der Waals surface area contributed by atoms with Crippen molar-refractivity contribution in [3.8, 4) is 5.75 Å². The van der Waals surface area contributed by atoms with E-state index in [1.165, 1.54) is 9.91 Å². The summed E-state index contributed by atoms with van der Waals surface area (Å²) in [6, 6.07) is 5.97. The average Bonchev–Trinajstić information content (AvgIpc) is 2.81. The Morgan fingerprint density at radius 1 is 1.28 bits per heavy atom. The highest BCUT2D eigenvalue weighted by molar-refractivity contribution is 6.39. The first-order valence-electron chi connectivity index (χ1n) is 10.5. The zero-order chi connectivity index (χ0) is 23.5. The topological polar surface area (TPSA) is 74.2 Å². The molecule has 1 aromatic carbocycles. The van der Waals surface area contributed by atoms with Gasteiger partial charge in [0.1, 0.15) is 24.1 Å². The number of carbonyl (C=O) groups excluding carboxylic acids is 2. The van der Waals surface area contributed by atoms with Crippen molar-refractivity contribution in [2.75, 3.05) is 25.1 Å². The number of nitrogens with zero attached hydrogens (tertiary/aromatic N) is 3. The molecule has 2 amide bonds. The number of hydrazone groups is 1. The zero-order valence-corrected chi connectivity index (χ0v) is 18.1. The van der Waals surface area contributed by atoms with Crippen LogP contribution in [0.3, 0.4) is 0 Å². The van der Waals surface area contributed by atoms with Crippen molar-refractivity contribution < 1.29 is 27.5 Å². The zero-order valence-electron chi connectivity index (χ0n) is 18.1. The van der Waals surface area contributed by atoms with Crippen molar-refractivity contribution in [2.45, 2.75) is 44.8 Å². The number of para-hydroxylation sites is 2. The highest BCUT2D eigenvalue weighted by Crippen LogP contribution is 2.35. The molecule has 0 bridgehead atoms. The molecule has 0 aromatic heterocycles. The number of alkyl halides is 3. The van der Waals surface area contributed by atoms with E-state index in [4.69, 9.17) is 4.74 Å². The molecule has 0 fully saturated rings. The minimum Gasteiger partial charge on any atom is -0.489 e. The maximum absolute atomic E-state index is 13.4. The first-order chi connectivity index (χ1) is 15.1. The van der Waals surface area contributed by atoms with Gasteiger partial charge in [-0.25, -0.2) is 0 Å². The largest absolute Gasteiger partial charge is 0.489 e. The molecular weight excluding hydrogens is 425 g/mol. The van der Waals surface area contributed by atoms with E-state index in [2.05, 4.69) is 17.0 Å². The lowest BCUT2D eigenvalue weighted by Crippen LogP contribution is -2.51. The molecule has 0 unspecified atom stereocenters. The molecule has 3 rings (SSSR count). The van der Waals surface area contributed by atoms with Crippen LogP contribution < -0.4 is 15.0 Å². The molecule has 0 saturated heterocycles. The maximum Gasteiger partial charge on any atom is 0.391 e. The molecule has 174 valence electrons. The number of ether oxygens (including phenoxy) is 1. The third-order valence-corrected chi connectivity index (χ3v) is 5.71. The molecule has 32 heavy (non-hydrogen) atoms. The fourth-order valence-electron chi connectivity index (χ4n) is 3.77. The van der Waals surface area contributed by atoms with Gasteiger partial charge in [0.15, 0.2) is 0 Å². The lowest BCUT2D eigenvalue weighted by atomic mass is 9.95. The van der Waals surface area contributed by atoms with Crippen LogP contribution in [0.5, 0.6) is 5.75 Å². The van der Waals surface area contributed by atoms with Crippen LogP contribution >= 0.6 is 0 Å². The van der Waals surface area contributed by atoms with E-state index in [0.29, 0.717) is 23.7 Å². The second-order valence-electron chi connectivity index (χ2n) is 7.85. The Balaban J connectivity index is 1.80. The third-order valence-electron chi connectivity index (χ3n) is 5.71. The standard InChI is InChI=1S/C22H27F3N4O3/c1-4-29-14(2)9-10-15(22(23,24)25)11-12-16(27-29)20(30)26-17-13-32-19-8-6-5-7-18(19)28(3)21(17)31/h5-8,15,17H,2,4,9-13H2,1,3H3,(H,26,30)/b27-16+/t15-,17+/m1/s1. The predicted octanol–water partition coefficient (Wildman–Crippen LogP) is 3.47. The fourth-order valence-corrected chi connectivity index (χ4v) is 3.77. The molecule has 7 nitrogen and oxygen atoms in total. The van der Waals surface area contributed by atoms with Gasteiger partial charge in [-0.2, -0.15) is 18.3 Å². The summed E-state index contributed by atoms with van der Waals surface area (Å²) in [5, 5.41) is 8.34. The summed E-state index contributed by atoms with van der Waals surface area (Å²) in [4.78, 5) is 27.3. The van der Waals surface area contributed by atoms with E-state index in [1.54, 1.807) is 38.2 Å². The van der Waals surface area contributed by atoms with Gasteiger partial charge in [-0.3, -0.25) is 14.6 Å². The molecule has 2 aliphatic rings. The Labute approximate surface area is 184 Å². The maximum atomic E-state index is 13.4. The van der Waals surface area contributed by atoms with E-state index < -0.39 is 30.0 Å². The molecule has 10 heteroatoms. The number of allylic oxidation sites excluding steroid dienone is 1. The summed E-state index contributed by atoms with van der Waals surface area (Å²) in [5.74, 6) is -2.14. The summed E-state index contributed by atoms with van der Waals surface area (Å²) in [6.45, 7) is 5.86. The molecular formula is C22H27F3N4O3. The molecule has 0 radical (unpaired) electrons. The monoisotopic (exact) mass is 452 g/mol. The van der Waals surface area contributed by atoms with Gasteiger partial charge >= 0.3 is 6.18 Å². The fraction of sp³-hybridized carbons (Fsp3) is 0.500. The Kier molecular flexibility index (Phi) is 7.10. The van der Waals surface area contributed by atoms with E-state index >= 15 is 0 Å². The summed E-state index contributed by atoms with van der Waals surface area (Å²) in [6.07, 6.45) is -4.78.